The fraction of sp³-hybridized carbons (Fsp3) is 0.320. The number of hydrogen-bond donors (Lipinski definition) is 1. The van der Waals surface area contributed by atoms with Gasteiger partial charge in [0.1, 0.15) is 11.6 Å². The number of nitrogens with zero attached hydrogens (tertiary/aromatic N) is 3. The monoisotopic (exact) mass is 538 g/mol. The van der Waals surface area contributed by atoms with Gasteiger partial charge >= 0.3 is 6.18 Å². The normalized spacial score (nSPS) is 21.6. The Morgan fingerprint density at radius 1 is 1.11 bits per heavy atom. The van der Waals surface area contributed by atoms with Gasteiger partial charge < -0.3 is 5.32 Å². The molecule has 1 aliphatic carbocycles. The van der Waals surface area contributed by atoms with Crippen molar-refractivity contribution < 1.29 is 30.4 Å². The molecular weight excluding hydrogens is 515 g/mol. The van der Waals surface area contributed by atoms with Crippen molar-refractivity contribution in [2.75, 3.05) is 0 Å². The summed E-state index contributed by atoms with van der Waals surface area (Å²) >= 11 is 0. The molecule has 1 N–H and O–H groups in total. The highest BCUT2D eigenvalue weighted by atomic mass is 32.2. The standard InChI is InChI=1S/C25H23F5N4O2S/c1-14(24-16-10-19(11-16)34(24)37(35,36)20-6-4-18(26)5-7-20)31-13-17-9-15(3-8-21(17)27)22-12-23(25(28,29)30)32-33(22)2/h3-9,12,16,19,24,31H,1,10-11,13H2,2H3/t16?,19?,24-/m1/s1. The van der Waals surface area contributed by atoms with E-state index in [1.54, 1.807) is 0 Å². The third-order valence-electron chi connectivity index (χ3n) is 6.99. The first kappa shape index (κ1) is 25.4. The van der Waals surface area contributed by atoms with Crippen LogP contribution in [0.4, 0.5) is 22.0 Å². The molecule has 2 bridgehead atoms. The van der Waals surface area contributed by atoms with Crippen molar-refractivity contribution in [3.63, 3.8) is 0 Å². The molecule has 1 atom stereocenters. The average molecular weight is 539 g/mol. The third kappa shape index (κ3) is 4.52. The van der Waals surface area contributed by atoms with Crippen LogP contribution in [0.2, 0.25) is 0 Å². The first-order valence-corrected chi connectivity index (χ1v) is 12.9. The fourth-order valence-corrected chi connectivity index (χ4v) is 6.99. The van der Waals surface area contributed by atoms with Gasteiger partial charge in [0.25, 0.3) is 0 Å². The molecule has 6 rings (SSSR count). The first-order chi connectivity index (χ1) is 17.4. The van der Waals surface area contributed by atoms with Crippen LogP contribution in [0.3, 0.4) is 0 Å². The van der Waals surface area contributed by atoms with E-state index in [4.69, 9.17) is 0 Å². The number of sulfonamides is 1. The lowest BCUT2D eigenvalue weighted by Crippen LogP contribution is -2.40. The van der Waals surface area contributed by atoms with E-state index in [0.717, 1.165) is 28.9 Å². The third-order valence-corrected chi connectivity index (χ3v) is 8.94. The quantitative estimate of drug-likeness (QED) is 0.438. The van der Waals surface area contributed by atoms with Crippen molar-refractivity contribution in [2.24, 2.45) is 13.0 Å². The molecule has 6 nitrogen and oxygen atoms in total. The molecule has 1 saturated carbocycles. The summed E-state index contributed by atoms with van der Waals surface area (Å²) in [6.07, 6.45) is -3.28. The van der Waals surface area contributed by atoms with Crippen LogP contribution >= 0.6 is 0 Å². The molecule has 0 spiro atoms. The van der Waals surface area contributed by atoms with E-state index in [1.807, 2.05) is 0 Å². The smallest absolute Gasteiger partial charge is 0.383 e. The molecule has 37 heavy (non-hydrogen) atoms. The SMILES string of the molecule is C=C(NCc1cc(-c2cc(C(F)(F)F)nn2C)ccc1F)[C@@H]1C2CC(C2)N1S(=O)(=O)c1ccc(F)cc1. The van der Waals surface area contributed by atoms with Gasteiger partial charge in [-0.3, -0.25) is 4.68 Å². The molecule has 1 aromatic heterocycles. The predicted molar refractivity (Wildman–Crippen MR) is 125 cm³/mol. The zero-order valence-corrected chi connectivity index (χ0v) is 20.5. The molecule has 0 amide bonds. The number of halogens is 5. The Kier molecular flexibility index (Phi) is 6.14. The molecule has 2 aromatic carbocycles. The summed E-state index contributed by atoms with van der Waals surface area (Å²) in [6, 6.07) is 8.71. The lowest BCUT2D eigenvalue weighted by Gasteiger charge is -2.26. The minimum absolute atomic E-state index is 0.0209. The maximum atomic E-state index is 14.6. The number of rotatable bonds is 7. The summed E-state index contributed by atoms with van der Waals surface area (Å²) in [5.74, 6) is -1.07. The van der Waals surface area contributed by atoms with E-state index in [1.165, 1.54) is 35.6 Å². The summed E-state index contributed by atoms with van der Waals surface area (Å²) < 4.78 is 96.2. The number of aryl methyl sites for hydroxylation is 1. The highest BCUT2D eigenvalue weighted by molar-refractivity contribution is 7.89. The first-order valence-electron chi connectivity index (χ1n) is 11.5. The van der Waals surface area contributed by atoms with E-state index < -0.39 is 39.6 Å². The van der Waals surface area contributed by atoms with Crippen molar-refractivity contribution in [2.45, 2.75) is 42.5 Å². The summed E-state index contributed by atoms with van der Waals surface area (Å²) in [4.78, 5) is -0.0209. The van der Waals surface area contributed by atoms with Crippen LogP contribution in [-0.4, -0.2) is 34.6 Å². The highest BCUT2D eigenvalue weighted by Crippen LogP contribution is 2.50. The number of nitrogens with one attached hydrogen (secondary N) is 1. The second kappa shape index (κ2) is 8.95. The van der Waals surface area contributed by atoms with Gasteiger partial charge in [-0.25, -0.2) is 17.2 Å². The molecule has 3 heterocycles. The minimum atomic E-state index is -4.61. The minimum Gasteiger partial charge on any atom is -0.383 e. The summed E-state index contributed by atoms with van der Waals surface area (Å²) in [7, 11) is -2.54. The Hall–Kier alpha value is -3.25. The van der Waals surface area contributed by atoms with E-state index >= 15 is 0 Å². The van der Waals surface area contributed by atoms with Crippen molar-refractivity contribution in [1.29, 1.82) is 0 Å². The van der Waals surface area contributed by atoms with Crippen LogP contribution in [0, 0.1) is 17.6 Å². The summed E-state index contributed by atoms with van der Waals surface area (Å²) in [5, 5.41) is 6.52. The number of benzene rings is 2. The van der Waals surface area contributed by atoms with Gasteiger partial charge in [-0.2, -0.15) is 22.6 Å². The van der Waals surface area contributed by atoms with E-state index in [-0.39, 0.29) is 34.7 Å². The molecule has 196 valence electrons. The van der Waals surface area contributed by atoms with Crippen LogP contribution in [0.5, 0.6) is 0 Å². The Bertz CT molecular complexity index is 1460. The number of hydrogen-bond acceptors (Lipinski definition) is 4. The highest BCUT2D eigenvalue weighted by Gasteiger charge is 2.56. The summed E-state index contributed by atoms with van der Waals surface area (Å²) in [5.41, 5.74) is 0.0238. The summed E-state index contributed by atoms with van der Waals surface area (Å²) in [6.45, 7) is 3.96. The Morgan fingerprint density at radius 3 is 2.41 bits per heavy atom. The van der Waals surface area contributed by atoms with Crippen LogP contribution in [0.1, 0.15) is 24.1 Å². The maximum Gasteiger partial charge on any atom is 0.435 e. The van der Waals surface area contributed by atoms with Gasteiger partial charge in [0.15, 0.2) is 5.69 Å². The van der Waals surface area contributed by atoms with E-state index in [9.17, 15) is 30.4 Å². The lowest BCUT2D eigenvalue weighted by molar-refractivity contribution is -0.141. The zero-order valence-electron chi connectivity index (χ0n) is 19.6. The molecule has 12 heteroatoms. The van der Waals surface area contributed by atoms with Gasteiger partial charge in [0.2, 0.25) is 10.0 Å². The molecule has 0 unspecified atom stereocenters. The van der Waals surface area contributed by atoms with Gasteiger partial charge in [-0.15, -0.1) is 0 Å². The average Bonchev–Trinajstić information content (AvgIpc) is 3.50. The van der Waals surface area contributed by atoms with Gasteiger partial charge in [-0.05, 0) is 67.3 Å². The Labute approximate surface area is 210 Å². The Morgan fingerprint density at radius 2 is 1.78 bits per heavy atom. The second-order valence-electron chi connectivity index (χ2n) is 9.34. The van der Waals surface area contributed by atoms with Gasteiger partial charge in [0.05, 0.1) is 16.6 Å². The molecule has 0 radical (unpaired) electrons. The van der Waals surface area contributed by atoms with Gasteiger partial charge in [0, 0.05) is 36.5 Å². The predicted octanol–water partition coefficient (Wildman–Crippen LogP) is 4.84. The maximum absolute atomic E-state index is 14.6. The largest absolute Gasteiger partial charge is 0.435 e. The molecule has 3 fully saturated rings. The molecular formula is C25H23F5N4O2S. The van der Waals surface area contributed by atoms with Crippen LogP contribution in [-0.2, 0) is 29.8 Å². The molecule has 3 aromatic rings. The number of fused-ring (bicyclic) bond motifs is 1. The van der Waals surface area contributed by atoms with Crippen LogP contribution in [0.15, 0.2) is 65.7 Å². The fourth-order valence-electron chi connectivity index (χ4n) is 5.10. The van der Waals surface area contributed by atoms with Crippen molar-refractivity contribution >= 4 is 10.0 Å². The number of aromatic nitrogens is 2. The van der Waals surface area contributed by atoms with Crippen molar-refractivity contribution in [3.8, 4) is 11.3 Å². The number of alkyl halides is 3. The molecule has 2 saturated heterocycles. The second-order valence-corrected chi connectivity index (χ2v) is 11.2. The Balaban J connectivity index is 1.35. The van der Waals surface area contributed by atoms with E-state index in [0.29, 0.717) is 24.1 Å². The van der Waals surface area contributed by atoms with Crippen molar-refractivity contribution in [1.82, 2.24) is 19.4 Å². The lowest BCUT2D eigenvalue weighted by atomic mass is 9.82. The van der Waals surface area contributed by atoms with Gasteiger partial charge in [-0.1, -0.05) is 6.58 Å². The topological polar surface area (TPSA) is 67.2 Å². The van der Waals surface area contributed by atoms with Crippen LogP contribution in [0.25, 0.3) is 11.3 Å². The zero-order chi connectivity index (χ0) is 26.7. The van der Waals surface area contributed by atoms with Crippen molar-refractivity contribution in [3.05, 3.63) is 83.7 Å². The van der Waals surface area contributed by atoms with Crippen LogP contribution < -0.4 is 5.32 Å². The molecule has 2 aliphatic heterocycles. The molecule has 3 aliphatic rings. The van der Waals surface area contributed by atoms with E-state index in [2.05, 4.69) is 17.0 Å².